The van der Waals surface area contributed by atoms with E-state index in [1.165, 1.54) is 11.0 Å². The Kier molecular flexibility index (Phi) is 6.63. The van der Waals surface area contributed by atoms with Gasteiger partial charge in [0.2, 0.25) is 5.95 Å². The van der Waals surface area contributed by atoms with Crippen LogP contribution in [0.4, 0.5) is 5.95 Å². The largest absolute Gasteiger partial charge is 0.497 e. The van der Waals surface area contributed by atoms with E-state index in [1.54, 1.807) is 61.7 Å². The monoisotopic (exact) mass is 472 g/mol. The zero-order valence-electron chi connectivity index (χ0n) is 16.9. The molecule has 0 saturated heterocycles. The number of amides is 1. The van der Waals surface area contributed by atoms with Crippen molar-refractivity contribution in [3.05, 3.63) is 88.1 Å². The van der Waals surface area contributed by atoms with E-state index in [4.69, 9.17) is 37.1 Å². The van der Waals surface area contributed by atoms with Crippen molar-refractivity contribution in [2.45, 2.75) is 13.2 Å². The van der Waals surface area contributed by atoms with Gasteiger partial charge in [-0.1, -0.05) is 29.3 Å². The lowest BCUT2D eigenvalue weighted by Crippen LogP contribution is -2.12. The summed E-state index contributed by atoms with van der Waals surface area (Å²) < 4.78 is 17.8. The third-order valence-corrected chi connectivity index (χ3v) is 5.18. The van der Waals surface area contributed by atoms with Gasteiger partial charge in [0.15, 0.2) is 5.76 Å². The summed E-state index contributed by atoms with van der Waals surface area (Å²) in [4.78, 5) is 16.5. The minimum atomic E-state index is -0.478. The van der Waals surface area contributed by atoms with Crippen LogP contribution in [0, 0.1) is 0 Å². The maximum Gasteiger partial charge on any atom is 0.293 e. The molecular weight excluding hydrogens is 455 g/mol. The van der Waals surface area contributed by atoms with E-state index in [0.717, 1.165) is 5.75 Å². The SMILES string of the molecule is COc1ccc(OCc2ccc(C(=O)Nc3ncn(Cc4c(Cl)cccc4Cl)n3)o2)cc1. The Hall–Kier alpha value is -3.49. The lowest BCUT2D eigenvalue weighted by Gasteiger charge is -2.06. The van der Waals surface area contributed by atoms with E-state index in [-0.39, 0.29) is 18.3 Å². The first kappa shape index (κ1) is 21.7. The van der Waals surface area contributed by atoms with Gasteiger partial charge in [-0.3, -0.25) is 10.1 Å². The predicted molar refractivity (Wildman–Crippen MR) is 120 cm³/mol. The van der Waals surface area contributed by atoms with Crippen molar-refractivity contribution < 1.29 is 18.7 Å². The topological polar surface area (TPSA) is 91.4 Å². The molecule has 2 heterocycles. The molecule has 2 aromatic carbocycles. The first-order valence-electron chi connectivity index (χ1n) is 9.51. The van der Waals surface area contributed by atoms with Gasteiger partial charge in [-0.15, -0.1) is 5.10 Å². The number of ether oxygens (including phenoxy) is 2. The fourth-order valence-corrected chi connectivity index (χ4v) is 3.36. The van der Waals surface area contributed by atoms with Gasteiger partial charge < -0.3 is 13.9 Å². The third-order valence-electron chi connectivity index (χ3n) is 4.47. The van der Waals surface area contributed by atoms with E-state index >= 15 is 0 Å². The Morgan fingerprint density at radius 1 is 1.06 bits per heavy atom. The summed E-state index contributed by atoms with van der Waals surface area (Å²) in [5.41, 5.74) is 0.714. The third kappa shape index (κ3) is 5.22. The van der Waals surface area contributed by atoms with E-state index in [9.17, 15) is 4.79 Å². The fourth-order valence-electron chi connectivity index (χ4n) is 2.84. The van der Waals surface area contributed by atoms with Crippen LogP contribution in [-0.2, 0) is 13.2 Å². The number of aromatic nitrogens is 3. The number of halogens is 2. The molecule has 10 heteroatoms. The average Bonchev–Trinajstić information content (AvgIpc) is 3.45. The number of nitrogens with one attached hydrogen (secondary N) is 1. The van der Waals surface area contributed by atoms with Crippen molar-refractivity contribution in [1.29, 1.82) is 0 Å². The summed E-state index contributed by atoms with van der Waals surface area (Å²) >= 11 is 12.4. The van der Waals surface area contributed by atoms with Crippen LogP contribution in [0.3, 0.4) is 0 Å². The number of nitrogens with zero attached hydrogens (tertiary/aromatic N) is 3. The van der Waals surface area contributed by atoms with Crippen molar-refractivity contribution in [2.24, 2.45) is 0 Å². The second-order valence-corrected chi connectivity index (χ2v) is 7.46. The van der Waals surface area contributed by atoms with Crippen molar-refractivity contribution >= 4 is 35.1 Å². The fraction of sp³-hybridized carbons (Fsp3) is 0.136. The molecular formula is C22H18Cl2N4O4. The molecule has 8 nitrogen and oxygen atoms in total. The van der Waals surface area contributed by atoms with Gasteiger partial charge in [0.1, 0.15) is 30.2 Å². The Morgan fingerprint density at radius 2 is 1.78 bits per heavy atom. The molecule has 0 unspecified atom stereocenters. The van der Waals surface area contributed by atoms with E-state index in [1.807, 2.05) is 0 Å². The summed E-state index contributed by atoms with van der Waals surface area (Å²) in [6.45, 7) is 0.486. The highest BCUT2D eigenvalue weighted by Crippen LogP contribution is 2.25. The van der Waals surface area contributed by atoms with Gasteiger partial charge in [0, 0.05) is 15.6 Å². The first-order valence-corrected chi connectivity index (χ1v) is 10.3. The molecule has 4 rings (SSSR count). The van der Waals surface area contributed by atoms with E-state index in [2.05, 4.69) is 15.4 Å². The molecule has 0 saturated carbocycles. The number of carbonyl (C=O) groups excluding carboxylic acids is 1. The lowest BCUT2D eigenvalue weighted by molar-refractivity contribution is 0.0991. The molecule has 164 valence electrons. The smallest absolute Gasteiger partial charge is 0.293 e. The average molecular weight is 473 g/mol. The molecule has 1 amide bonds. The van der Waals surface area contributed by atoms with Gasteiger partial charge in [0.05, 0.1) is 13.7 Å². The van der Waals surface area contributed by atoms with Crippen LogP contribution in [0.25, 0.3) is 0 Å². The summed E-state index contributed by atoms with van der Waals surface area (Å²) in [5.74, 6) is 1.66. The Bertz CT molecular complexity index is 1200. The Balaban J connectivity index is 1.34. The standard InChI is InChI=1S/C22H18Cl2N4O4/c1-30-14-5-7-15(8-6-14)31-12-16-9-10-20(32-16)21(29)26-22-25-13-28(27-22)11-17-18(23)3-2-4-19(17)24/h2-10,13H,11-12H2,1H3,(H,26,27,29). The normalized spacial score (nSPS) is 10.7. The number of methoxy groups -OCH3 is 1. The molecule has 0 atom stereocenters. The van der Waals surface area contributed by atoms with Crippen molar-refractivity contribution in [1.82, 2.24) is 14.8 Å². The second kappa shape index (κ2) is 9.76. The predicted octanol–water partition coefficient (Wildman–Crippen LogP) is 5.07. The Labute approximate surface area is 193 Å². The number of hydrogen-bond donors (Lipinski definition) is 1. The first-order chi connectivity index (χ1) is 15.5. The van der Waals surface area contributed by atoms with Crippen LogP contribution in [0.2, 0.25) is 10.0 Å². The summed E-state index contributed by atoms with van der Waals surface area (Å²) in [5, 5.41) is 7.88. The van der Waals surface area contributed by atoms with Crippen LogP contribution >= 0.6 is 23.2 Å². The zero-order valence-corrected chi connectivity index (χ0v) is 18.4. The van der Waals surface area contributed by atoms with Gasteiger partial charge in [-0.05, 0) is 48.5 Å². The summed E-state index contributed by atoms with van der Waals surface area (Å²) in [6.07, 6.45) is 1.48. The number of furan rings is 1. The molecule has 0 fully saturated rings. The van der Waals surface area contributed by atoms with Gasteiger partial charge in [-0.25, -0.2) is 9.67 Å². The minimum Gasteiger partial charge on any atom is -0.497 e. The van der Waals surface area contributed by atoms with Crippen LogP contribution in [-0.4, -0.2) is 27.8 Å². The van der Waals surface area contributed by atoms with Crippen LogP contribution in [0.1, 0.15) is 21.9 Å². The number of hydrogen-bond acceptors (Lipinski definition) is 6. The maximum absolute atomic E-state index is 12.5. The number of benzene rings is 2. The lowest BCUT2D eigenvalue weighted by atomic mass is 10.2. The van der Waals surface area contributed by atoms with E-state index < -0.39 is 5.91 Å². The van der Waals surface area contributed by atoms with Crippen molar-refractivity contribution in [2.75, 3.05) is 12.4 Å². The molecule has 0 aliphatic rings. The number of carbonyl (C=O) groups is 1. The zero-order chi connectivity index (χ0) is 22.5. The quantitative estimate of drug-likeness (QED) is 0.385. The van der Waals surface area contributed by atoms with Crippen LogP contribution in [0.15, 0.2) is 65.3 Å². The molecule has 2 aromatic heterocycles. The molecule has 1 N–H and O–H groups in total. The highest BCUT2D eigenvalue weighted by molar-refractivity contribution is 6.35. The molecule has 4 aromatic rings. The summed E-state index contributed by atoms with van der Waals surface area (Å²) in [7, 11) is 1.60. The molecule has 0 radical (unpaired) electrons. The van der Waals surface area contributed by atoms with E-state index in [0.29, 0.717) is 33.7 Å². The molecule has 0 bridgehead atoms. The highest BCUT2D eigenvalue weighted by atomic mass is 35.5. The molecule has 0 aliphatic heterocycles. The van der Waals surface area contributed by atoms with Gasteiger partial charge in [0.25, 0.3) is 5.91 Å². The maximum atomic E-state index is 12.5. The van der Waals surface area contributed by atoms with Crippen LogP contribution in [0.5, 0.6) is 11.5 Å². The van der Waals surface area contributed by atoms with Gasteiger partial charge in [-0.2, -0.15) is 0 Å². The van der Waals surface area contributed by atoms with Gasteiger partial charge >= 0.3 is 0 Å². The molecule has 0 spiro atoms. The van der Waals surface area contributed by atoms with Crippen LogP contribution < -0.4 is 14.8 Å². The minimum absolute atomic E-state index is 0.115. The molecule has 0 aliphatic carbocycles. The highest BCUT2D eigenvalue weighted by Gasteiger charge is 2.15. The second-order valence-electron chi connectivity index (χ2n) is 6.65. The Morgan fingerprint density at radius 3 is 2.50 bits per heavy atom. The van der Waals surface area contributed by atoms with Crippen molar-refractivity contribution in [3.63, 3.8) is 0 Å². The molecule has 32 heavy (non-hydrogen) atoms. The number of anilines is 1. The number of rotatable bonds is 8. The van der Waals surface area contributed by atoms with Crippen molar-refractivity contribution in [3.8, 4) is 11.5 Å². The summed E-state index contributed by atoms with van der Waals surface area (Å²) in [6, 6.07) is 15.6.